The van der Waals surface area contributed by atoms with E-state index >= 15 is 0 Å². The zero-order valence-electron chi connectivity index (χ0n) is 14.7. The molecule has 0 bridgehead atoms. The molecule has 0 atom stereocenters. The SMILES string of the molecule is CCN1C(=O)S/C(=C/c2cn(Cc3ccccc3F)c3ccccc23)C1=O. The Labute approximate surface area is 160 Å². The minimum Gasteiger partial charge on any atom is -0.342 e. The minimum absolute atomic E-state index is 0.246. The lowest BCUT2D eigenvalue weighted by atomic mass is 10.1. The Kier molecular flexibility index (Phi) is 4.58. The Balaban J connectivity index is 1.77. The van der Waals surface area contributed by atoms with Crippen molar-refractivity contribution >= 4 is 39.9 Å². The number of fused-ring (bicyclic) bond motifs is 1. The number of carbonyl (C=O) groups excluding carboxylic acids is 2. The van der Waals surface area contributed by atoms with Crippen molar-refractivity contribution in [3.8, 4) is 0 Å². The highest BCUT2D eigenvalue weighted by molar-refractivity contribution is 8.18. The summed E-state index contributed by atoms with van der Waals surface area (Å²) in [6.45, 7) is 2.52. The van der Waals surface area contributed by atoms with Crippen LogP contribution >= 0.6 is 11.8 Å². The van der Waals surface area contributed by atoms with Gasteiger partial charge in [-0.25, -0.2) is 4.39 Å². The van der Waals surface area contributed by atoms with Crippen LogP contribution in [0, 0.1) is 5.82 Å². The molecule has 6 heteroatoms. The molecule has 4 nitrogen and oxygen atoms in total. The molecule has 1 aliphatic rings. The molecule has 1 fully saturated rings. The summed E-state index contributed by atoms with van der Waals surface area (Å²) in [5, 5.41) is 0.709. The Morgan fingerprint density at radius 3 is 2.56 bits per heavy atom. The number of rotatable bonds is 4. The fourth-order valence-corrected chi connectivity index (χ4v) is 4.14. The quantitative estimate of drug-likeness (QED) is 0.606. The van der Waals surface area contributed by atoms with Crippen LogP contribution in [0.4, 0.5) is 9.18 Å². The van der Waals surface area contributed by atoms with Gasteiger partial charge in [0.25, 0.3) is 11.1 Å². The summed E-state index contributed by atoms with van der Waals surface area (Å²) in [5.41, 5.74) is 2.38. The second-order valence-corrected chi connectivity index (χ2v) is 7.24. The van der Waals surface area contributed by atoms with E-state index in [1.165, 1.54) is 11.0 Å². The number of hydrogen-bond acceptors (Lipinski definition) is 3. The molecule has 1 saturated heterocycles. The van der Waals surface area contributed by atoms with Crippen LogP contribution < -0.4 is 0 Å². The molecule has 4 rings (SSSR count). The normalized spacial score (nSPS) is 16.1. The molecule has 3 aromatic rings. The van der Waals surface area contributed by atoms with Crippen LogP contribution in [0.5, 0.6) is 0 Å². The van der Waals surface area contributed by atoms with Gasteiger partial charge in [-0.05, 0) is 36.9 Å². The number of amides is 2. The Bertz CT molecular complexity index is 1090. The zero-order chi connectivity index (χ0) is 19.0. The van der Waals surface area contributed by atoms with Gasteiger partial charge in [-0.1, -0.05) is 36.4 Å². The molecule has 27 heavy (non-hydrogen) atoms. The summed E-state index contributed by atoms with van der Waals surface area (Å²) in [5.74, 6) is -0.515. The van der Waals surface area contributed by atoms with E-state index in [4.69, 9.17) is 0 Å². The molecule has 0 N–H and O–H groups in total. The van der Waals surface area contributed by atoms with E-state index in [1.807, 2.05) is 41.1 Å². The van der Waals surface area contributed by atoms with Gasteiger partial charge in [0.05, 0.1) is 11.4 Å². The van der Waals surface area contributed by atoms with E-state index in [-0.39, 0.29) is 17.0 Å². The van der Waals surface area contributed by atoms with Gasteiger partial charge in [-0.3, -0.25) is 14.5 Å². The number of para-hydroxylation sites is 1. The molecular formula is C21H17FN2O2S. The number of likely N-dealkylation sites (N-methyl/N-ethyl adjacent to an activating group) is 1. The highest BCUT2D eigenvalue weighted by Gasteiger charge is 2.33. The van der Waals surface area contributed by atoms with Gasteiger partial charge in [-0.2, -0.15) is 0 Å². The maximum absolute atomic E-state index is 14.1. The van der Waals surface area contributed by atoms with Crippen molar-refractivity contribution in [3.63, 3.8) is 0 Å². The average Bonchev–Trinajstić information content (AvgIpc) is 3.14. The van der Waals surface area contributed by atoms with Crippen molar-refractivity contribution in [2.24, 2.45) is 0 Å². The van der Waals surface area contributed by atoms with E-state index in [2.05, 4.69) is 0 Å². The van der Waals surface area contributed by atoms with Crippen molar-refractivity contribution in [1.82, 2.24) is 9.47 Å². The van der Waals surface area contributed by atoms with Crippen molar-refractivity contribution < 1.29 is 14.0 Å². The molecule has 2 amide bonds. The molecular weight excluding hydrogens is 363 g/mol. The molecule has 1 aromatic heterocycles. The van der Waals surface area contributed by atoms with Crippen LogP contribution in [-0.2, 0) is 11.3 Å². The third kappa shape index (κ3) is 3.17. The van der Waals surface area contributed by atoms with Gasteiger partial charge in [0, 0.05) is 34.8 Å². The van der Waals surface area contributed by atoms with Gasteiger partial charge in [0.2, 0.25) is 0 Å². The summed E-state index contributed by atoms with van der Waals surface area (Å²) in [6.07, 6.45) is 3.65. The minimum atomic E-state index is -0.265. The second kappa shape index (κ2) is 7.04. The lowest BCUT2D eigenvalue weighted by Gasteiger charge is -2.06. The number of thioether (sulfide) groups is 1. The number of nitrogens with zero attached hydrogens (tertiary/aromatic N) is 2. The monoisotopic (exact) mass is 380 g/mol. The largest absolute Gasteiger partial charge is 0.342 e. The first-order chi connectivity index (χ1) is 13.1. The van der Waals surface area contributed by atoms with E-state index in [1.54, 1.807) is 25.1 Å². The van der Waals surface area contributed by atoms with Gasteiger partial charge in [-0.15, -0.1) is 0 Å². The Morgan fingerprint density at radius 1 is 1.07 bits per heavy atom. The fraction of sp³-hybridized carbons (Fsp3) is 0.143. The lowest BCUT2D eigenvalue weighted by Crippen LogP contribution is -2.27. The summed E-state index contributed by atoms with van der Waals surface area (Å²) < 4.78 is 16.0. The zero-order valence-corrected chi connectivity index (χ0v) is 15.5. The van der Waals surface area contributed by atoms with Gasteiger partial charge >= 0.3 is 0 Å². The van der Waals surface area contributed by atoms with E-state index < -0.39 is 0 Å². The van der Waals surface area contributed by atoms with Crippen molar-refractivity contribution in [2.45, 2.75) is 13.5 Å². The molecule has 0 spiro atoms. The summed E-state index contributed by atoms with van der Waals surface area (Å²) >= 11 is 0.955. The topological polar surface area (TPSA) is 42.3 Å². The maximum atomic E-state index is 14.1. The van der Waals surface area contributed by atoms with E-state index in [0.717, 1.165) is 28.2 Å². The lowest BCUT2D eigenvalue weighted by molar-refractivity contribution is -0.122. The molecule has 2 aromatic carbocycles. The number of halogens is 1. The fourth-order valence-electron chi connectivity index (χ4n) is 3.25. The van der Waals surface area contributed by atoms with Crippen molar-refractivity contribution in [1.29, 1.82) is 0 Å². The van der Waals surface area contributed by atoms with E-state index in [0.29, 0.717) is 23.6 Å². The maximum Gasteiger partial charge on any atom is 0.293 e. The number of benzene rings is 2. The van der Waals surface area contributed by atoms with E-state index in [9.17, 15) is 14.0 Å². The summed E-state index contributed by atoms with van der Waals surface area (Å²) in [4.78, 5) is 26.0. The van der Waals surface area contributed by atoms with Crippen molar-refractivity contribution in [3.05, 3.63) is 76.6 Å². The third-order valence-electron chi connectivity index (χ3n) is 4.59. The van der Waals surface area contributed by atoms with Gasteiger partial charge < -0.3 is 4.57 Å². The van der Waals surface area contributed by atoms with Crippen LogP contribution in [0.25, 0.3) is 17.0 Å². The number of carbonyl (C=O) groups is 2. The first kappa shape index (κ1) is 17.5. The molecule has 0 saturated carbocycles. The molecule has 136 valence electrons. The first-order valence-electron chi connectivity index (χ1n) is 8.65. The molecule has 0 aliphatic carbocycles. The van der Waals surface area contributed by atoms with Crippen LogP contribution in [0.3, 0.4) is 0 Å². The average molecular weight is 380 g/mol. The Morgan fingerprint density at radius 2 is 1.81 bits per heavy atom. The standard InChI is InChI=1S/C21H17FN2O2S/c1-2-24-20(25)19(27-21(24)26)11-15-13-23(18-10-6-4-8-16(15)18)12-14-7-3-5-9-17(14)22/h3-11,13H,2,12H2,1H3/b19-11+. The van der Waals surface area contributed by atoms with Crippen LogP contribution in [0.1, 0.15) is 18.1 Å². The predicted molar refractivity (Wildman–Crippen MR) is 106 cm³/mol. The van der Waals surface area contributed by atoms with Crippen LogP contribution in [-0.4, -0.2) is 27.2 Å². The predicted octanol–water partition coefficient (Wildman–Crippen LogP) is 4.88. The number of hydrogen-bond donors (Lipinski definition) is 0. The highest BCUT2D eigenvalue weighted by atomic mass is 32.2. The Hall–Kier alpha value is -2.86. The highest BCUT2D eigenvalue weighted by Crippen LogP contribution is 2.34. The summed E-state index contributed by atoms with van der Waals surface area (Å²) in [6, 6.07) is 14.5. The van der Waals surface area contributed by atoms with Crippen LogP contribution in [0.2, 0.25) is 0 Å². The smallest absolute Gasteiger partial charge is 0.293 e. The second-order valence-electron chi connectivity index (χ2n) is 6.25. The molecule has 0 radical (unpaired) electrons. The molecule has 1 aliphatic heterocycles. The van der Waals surface area contributed by atoms with Crippen LogP contribution in [0.15, 0.2) is 59.6 Å². The third-order valence-corrected chi connectivity index (χ3v) is 5.50. The number of imide groups is 1. The summed E-state index contributed by atoms with van der Waals surface area (Å²) in [7, 11) is 0. The number of aromatic nitrogens is 1. The van der Waals surface area contributed by atoms with Gasteiger partial charge in [0.15, 0.2) is 0 Å². The molecule has 2 heterocycles. The van der Waals surface area contributed by atoms with Gasteiger partial charge in [0.1, 0.15) is 5.82 Å². The first-order valence-corrected chi connectivity index (χ1v) is 9.46. The molecule has 0 unspecified atom stereocenters. The van der Waals surface area contributed by atoms with Crippen molar-refractivity contribution in [2.75, 3.05) is 6.54 Å².